The molecule has 5 heteroatoms. The van der Waals surface area contributed by atoms with E-state index in [2.05, 4.69) is 120 Å². The average Bonchev–Trinajstić information content (AvgIpc) is 3.48. The molecule has 4 nitrogen and oxygen atoms in total. The molecule has 1 unspecified atom stereocenters. The molecule has 2 N–H and O–H groups in total. The molecule has 1 aliphatic heterocycles. The maximum atomic E-state index is 9.30. The molecule has 0 bridgehead atoms. The summed E-state index contributed by atoms with van der Waals surface area (Å²) in [6, 6.07) is 50.3. The molecule has 1 aromatic heterocycles. The van der Waals surface area contributed by atoms with Crippen LogP contribution in [-0.4, -0.2) is 5.71 Å². The van der Waals surface area contributed by atoms with Crippen LogP contribution in [0, 0.1) is 11.3 Å². The molecule has 0 saturated carbocycles. The van der Waals surface area contributed by atoms with E-state index in [0.29, 0.717) is 5.56 Å². The second-order valence-corrected chi connectivity index (χ2v) is 11.9. The molecular formula is C39H26N4S. The number of nitrogens with one attached hydrogen (secondary N) is 2. The Morgan fingerprint density at radius 2 is 1.48 bits per heavy atom. The van der Waals surface area contributed by atoms with Gasteiger partial charge in [-0.15, -0.1) is 11.3 Å². The van der Waals surface area contributed by atoms with Crippen molar-refractivity contribution in [2.45, 2.75) is 6.17 Å². The number of nitrogens with zero attached hydrogens (tertiary/aromatic N) is 2. The Labute approximate surface area is 259 Å². The van der Waals surface area contributed by atoms with E-state index in [9.17, 15) is 5.26 Å². The molecule has 0 amide bonds. The summed E-state index contributed by atoms with van der Waals surface area (Å²) in [6.45, 7) is 0. The van der Waals surface area contributed by atoms with Gasteiger partial charge in [-0.1, -0.05) is 103 Å². The number of fused-ring (bicyclic) bond motifs is 4. The number of para-hydroxylation sites is 1. The van der Waals surface area contributed by atoms with Crippen molar-refractivity contribution in [3.05, 3.63) is 162 Å². The summed E-state index contributed by atoms with van der Waals surface area (Å²) in [7, 11) is 0. The van der Waals surface area contributed by atoms with Crippen molar-refractivity contribution in [2.75, 3.05) is 10.6 Å². The second-order valence-electron chi connectivity index (χ2n) is 10.8. The van der Waals surface area contributed by atoms with Crippen LogP contribution < -0.4 is 10.6 Å². The summed E-state index contributed by atoms with van der Waals surface area (Å²) in [6.07, 6.45) is -0.272. The molecule has 208 valence electrons. The zero-order chi connectivity index (χ0) is 29.5. The summed E-state index contributed by atoms with van der Waals surface area (Å²) in [4.78, 5) is 5.21. The molecule has 2 heterocycles. The van der Waals surface area contributed by atoms with Crippen molar-refractivity contribution in [1.82, 2.24) is 0 Å². The predicted molar refractivity (Wildman–Crippen MR) is 184 cm³/mol. The number of benzene rings is 6. The molecule has 0 fully saturated rings. The predicted octanol–water partition coefficient (Wildman–Crippen LogP) is 10.3. The van der Waals surface area contributed by atoms with Gasteiger partial charge < -0.3 is 10.6 Å². The number of thiophene rings is 1. The first-order valence-corrected chi connectivity index (χ1v) is 15.4. The standard InChI is InChI=1S/C39H26N4S/c40-24-25-17-19-27(20-18-25)36-33-14-4-6-15-34(33)42-39(43-36)28-11-8-12-29(23-28)41-37-30(26-9-2-1-3-10-26)21-22-32-31-13-5-7-16-35(31)44-38(32)37/h1-23,39,41-42H. The highest BCUT2D eigenvalue weighted by atomic mass is 32.1. The lowest BCUT2D eigenvalue weighted by Gasteiger charge is -2.26. The third kappa shape index (κ3) is 4.59. The molecule has 0 aliphatic carbocycles. The molecule has 1 atom stereocenters. The smallest absolute Gasteiger partial charge is 0.145 e. The Kier molecular flexibility index (Phi) is 6.40. The molecular weight excluding hydrogens is 557 g/mol. The maximum Gasteiger partial charge on any atom is 0.145 e. The first kappa shape index (κ1) is 26.0. The molecule has 6 aromatic carbocycles. The van der Waals surface area contributed by atoms with Crippen LogP contribution >= 0.6 is 11.3 Å². The lowest BCUT2D eigenvalue weighted by molar-refractivity contribution is 0.828. The number of nitriles is 1. The molecule has 0 radical (unpaired) electrons. The number of hydrogen-bond acceptors (Lipinski definition) is 5. The minimum absolute atomic E-state index is 0.272. The number of rotatable bonds is 5. The average molecular weight is 583 g/mol. The van der Waals surface area contributed by atoms with Crippen molar-refractivity contribution >= 4 is 54.3 Å². The zero-order valence-electron chi connectivity index (χ0n) is 23.7. The van der Waals surface area contributed by atoms with Gasteiger partial charge in [-0.05, 0) is 47.5 Å². The largest absolute Gasteiger partial charge is 0.360 e. The van der Waals surface area contributed by atoms with E-state index >= 15 is 0 Å². The van der Waals surface area contributed by atoms with Crippen LogP contribution in [-0.2, 0) is 0 Å². The van der Waals surface area contributed by atoms with Gasteiger partial charge in [-0.2, -0.15) is 5.26 Å². The van der Waals surface area contributed by atoms with Gasteiger partial charge >= 0.3 is 0 Å². The minimum Gasteiger partial charge on any atom is -0.360 e. The molecule has 44 heavy (non-hydrogen) atoms. The van der Waals surface area contributed by atoms with E-state index in [1.165, 1.54) is 31.3 Å². The van der Waals surface area contributed by atoms with Crippen LogP contribution in [0.15, 0.2) is 145 Å². The summed E-state index contributed by atoms with van der Waals surface area (Å²) in [5.41, 5.74) is 10.1. The lowest BCUT2D eigenvalue weighted by atomic mass is 9.97. The fraction of sp³-hybridized carbons (Fsp3) is 0.0256. The van der Waals surface area contributed by atoms with Crippen molar-refractivity contribution in [3.63, 3.8) is 0 Å². The third-order valence-electron chi connectivity index (χ3n) is 8.12. The fourth-order valence-electron chi connectivity index (χ4n) is 5.99. The first-order chi connectivity index (χ1) is 21.7. The molecule has 0 saturated heterocycles. The van der Waals surface area contributed by atoms with E-state index < -0.39 is 0 Å². The summed E-state index contributed by atoms with van der Waals surface area (Å²) in [5.74, 6) is 0. The van der Waals surface area contributed by atoms with Gasteiger partial charge in [-0.25, -0.2) is 0 Å². The van der Waals surface area contributed by atoms with Crippen molar-refractivity contribution in [2.24, 2.45) is 4.99 Å². The Morgan fingerprint density at radius 3 is 2.34 bits per heavy atom. The van der Waals surface area contributed by atoms with Gasteiger partial charge in [0.25, 0.3) is 0 Å². The topological polar surface area (TPSA) is 60.2 Å². The fourth-order valence-corrected chi connectivity index (χ4v) is 7.19. The third-order valence-corrected chi connectivity index (χ3v) is 9.33. The van der Waals surface area contributed by atoms with Gasteiger partial charge in [0.2, 0.25) is 0 Å². The van der Waals surface area contributed by atoms with E-state index in [4.69, 9.17) is 4.99 Å². The molecule has 1 aliphatic rings. The monoisotopic (exact) mass is 582 g/mol. The quantitative estimate of drug-likeness (QED) is 0.212. The van der Waals surface area contributed by atoms with E-state index in [0.717, 1.165) is 39.5 Å². The van der Waals surface area contributed by atoms with Gasteiger partial charge in [0, 0.05) is 43.5 Å². The second kappa shape index (κ2) is 10.9. The van der Waals surface area contributed by atoms with Gasteiger partial charge in [0.05, 0.1) is 27.7 Å². The number of aliphatic imine (C=N–C) groups is 1. The molecule has 8 rings (SSSR count). The van der Waals surface area contributed by atoms with Crippen LogP contribution in [0.25, 0.3) is 31.3 Å². The van der Waals surface area contributed by atoms with E-state index in [-0.39, 0.29) is 6.17 Å². The molecule has 7 aromatic rings. The number of hydrogen-bond donors (Lipinski definition) is 2. The maximum absolute atomic E-state index is 9.30. The van der Waals surface area contributed by atoms with Gasteiger partial charge in [-0.3, -0.25) is 4.99 Å². The summed E-state index contributed by atoms with van der Waals surface area (Å²) < 4.78 is 2.52. The van der Waals surface area contributed by atoms with Gasteiger partial charge in [0.15, 0.2) is 0 Å². The highest BCUT2D eigenvalue weighted by Crippen LogP contribution is 2.44. The zero-order valence-corrected chi connectivity index (χ0v) is 24.5. The van der Waals surface area contributed by atoms with E-state index in [1.807, 2.05) is 47.7 Å². The van der Waals surface area contributed by atoms with Crippen molar-refractivity contribution in [1.29, 1.82) is 5.26 Å². The van der Waals surface area contributed by atoms with E-state index in [1.54, 1.807) is 0 Å². The minimum atomic E-state index is -0.272. The van der Waals surface area contributed by atoms with Crippen LogP contribution in [0.1, 0.15) is 28.4 Å². The van der Waals surface area contributed by atoms with Gasteiger partial charge in [0.1, 0.15) is 6.17 Å². The van der Waals surface area contributed by atoms with Crippen LogP contribution in [0.2, 0.25) is 0 Å². The lowest BCUT2D eigenvalue weighted by Crippen LogP contribution is -2.20. The highest BCUT2D eigenvalue weighted by molar-refractivity contribution is 7.26. The number of anilines is 3. The summed E-state index contributed by atoms with van der Waals surface area (Å²) in [5, 5.41) is 19.3. The van der Waals surface area contributed by atoms with Crippen LogP contribution in [0.5, 0.6) is 0 Å². The Hall–Kier alpha value is -5.70. The van der Waals surface area contributed by atoms with Crippen molar-refractivity contribution < 1.29 is 0 Å². The van der Waals surface area contributed by atoms with Crippen LogP contribution in [0.4, 0.5) is 17.1 Å². The summed E-state index contributed by atoms with van der Waals surface area (Å²) >= 11 is 1.82. The van der Waals surface area contributed by atoms with Crippen molar-refractivity contribution in [3.8, 4) is 17.2 Å². The SMILES string of the molecule is N#Cc1ccc(C2=NC(c3cccc(Nc4c(-c5ccccc5)ccc5c4sc4ccccc45)c3)Nc3ccccc32)cc1. The van der Waals surface area contributed by atoms with Crippen LogP contribution in [0.3, 0.4) is 0 Å². The molecule has 0 spiro atoms. The first-order valence-electron chi connectivity index (χ1n) is 14.6. The normalized spacial score (nSPS) is 14.0. The Morgan fingerprint density at radius 1 is 0.682 bits per heavy atom. The highest BCUT2D eigenvalue weighted by Gasteiger charge is 2.23. The Balaban J connectivity index is 1.22. The Bertz CT molecular complexity index is 2240.